The second kappa shape index (κ2) is 10.4. The Hall–Kier alpha value is -4.21. The predicted molar refractivity (Wildman–Crippen MR) is 115 cm³/mol. The Morgan fingerprint density at radius 1 is 0.848 bits per heavy atom. The minimum Gasteiger partial charge on any atom is -0.480 e. The Labute approximate surface area is 189 Å². The molecule has 0 unspecified atom stereocenters. The SMILES string of the molecule is O=C(C[C@@H]1NC(=O)[C@H](Cc2ccccc2)NC1=O)N[C@@H](Cc1ccc(C(=O)O)cc1)C(=O)O. The first-order valence-electron chi connectivity index (χ1n) is 10.2. The van der Waals surface area contributed by atoms with Gasteiger partial charge in [-0.2, -0.15) is 0 Å². The van der Waals surface area contributed by atoms with E-state index in [1.54, 1.807) is 0 Å². The first-order valence-corrected chi connectivity index (χ1v) is 10.2. The summed E-state index contributed by atoms with van der Waals surface area (Å²) in [6.45, 7) is 0. The lowest BCUT2D eigenvalue weighted by Gasteiger charge is -2.29. The Morgan fingerprint density at radius 3 is 2.06 bits per heavy atom. The van der Waals surface area contributed by atoms with E-state index in [1.165, 1.54) is 24.3 Å². The number of nitrogens with one attached hydrogen (secondary N) is 3. The quantitative estimate of drug-likeness (QED) is 0.360. The molecule has 5 N–H and O–H groups in total. The number of aliphatic carboxylic acids is 1. The third kappa shape index (κ3) is 6.39. The van der Waals surface area contributed by atoms with Gasteiger partial charge in [0.15, 0.2) is 0 Å². The number of hydrogen-bond acceptors (Lipinski definition) is 5. The standard InChI is InChI=1S/C23H23N3O7/c27-19(24-18(23(32)33)11-14-6-8-15(9-7-14)22(30)31)12-17-21(29)25-16(20(28)26-17)10-13-4-2-1-3-5-13/h1-9,16-18H,10-12H2,(H,24,27)(H,25,29)(H,26,28)(H,30,31)(H,32,33)/t16-,17-,18-/m0/s1. The zero-order chi connectivity index (χ0) is 24.0. The molecule has 1 saturated heterocycles. The molecule has 172 valence electrons. The van der Waals surface area contributed by atoms with Crippen LogP contribution < -0.4 is 16.0 Å². The van der Waals surface area contributed by atoms with Gasteiger partial charge in [0.2, 0.25) is 17.7 Å². The monoisotopic (exact) mass is 453 g/mol. The average molecular weight is 453 g/mol. The maximum atomic E-state index is 12.4. The van der Waals surface area contributed by atoms with Crippen LogP contribution in [0.4, 0.5) is 0 Å². The van der Waals surface area contributed by atoms with Gasteiger partial charge in [0.25, 0.3) is 0 Å². The van der Waals surface area contributed by atoms with Crippen molar-refractivity contribution in [2.75, 3.05) is 0 Å². The molecule has 3 rings (SSSR count). The van der Waals surface area contributed by atoms with Gasteiger partial charge in [-0.15, -0.1) is 0 Å². The van der Waals surface area contributed by atoms with Crippen LogP contribution in [-0.4, -0.2) is 58.0 Å². The number of carbonyl (C=O) groups is 5. The van der Waals surface area contributed by atoms with Gasteiger partial charge in [0.1, 0.15) is 18.1 Å². The molecule has 0 bridgehead atoms. The van der Waals surface area contributed by atoms with Crippen LogP contribution in [0.5, 0.6) is 0 Å². The van der Waals surface area contributed by atoms with Crippen LogP contribution in [0.25, 0.3) is 0 Å². The third-order valence-corrected chi connectivity index (χ3v) is 5.21. The van der Waals surface area contributed by atoms with Gasteiger partial charge >= 0.3 is 11.9 Å². The summed E-state index contributed by atoms with van der Waals surface area (Å²) >= 11 is 0. The molecule has 0 aromatic heterocycles. The van der Waals surface area contributed by atoms with E-state index in [2.05, 4.69) is 16.0 Å². The summed E-state index contributed by atoms with van der Waals surface area (Å²) in [6.07, 6.45) is -0.195. The first kappa shape index (κ1) is 23.5. The fourth-order valence-corrected chi connectivity index (χ4v) is 3.47. The van der Waals surface area contributed by atoms with Crippen molar-refractivity contribution < 1.29 is 34.2 Å². The highest BCUT2D eigenvalue weighted by Crippen LogP contribution is 2.10. The molecule has 10 heteroatoms. The molecule has 0 spiro atoms. The van der Waals surface area contributed by atoms with Crippen molar-refractivity contribution in [1.82, 2.24) is 16.0 Å². The summed E-state index contributed by atoms with van der Waals surface area (Å²) in [6, 6.07) is 11.6. The highest BCUT2D eigenvalue weighted by Gasteiger charge is 2.35. The van der Waals surface area contributed by atoms with Crippen molar-refractivity contribution in [3.05, 3.63) is 71.3 Å². The number of rotatable bonds is 9. The van der Waals surface area contributed by atoms with Gasteiger partial charge in [-0.1, -0.05) is 42.5 Å². The van der Waals surface area contributed by atoms with Crippen LogP contribution in [0.2, 0.25) is 0 Å². The number of hydrogen-bond donors (Lipinski definition) is 5. The summed E-state index contributed by atoms with van der Waals surface area (Å²) in [4.78, 5) is 59.7. The van der Waals surface area contributed by atoms with Gasteiger partial charge in [-0.05, 0) is 23.3 Å². The summed E-state index contributed by atoms with van der Waals surface area (Å²) in [5.41, 5.74) is 1.44. The molecule has 1 fully saturated rings. The van der Waals surface area contributed by atoms with Crippen molar-refractivity contribution in [3.8, 4) is 0 Å². The second-order valence-corrected chi connectivity index (χ2v) is 7.68. The molecule has 3 atom stereocenters. The van der Waals surface area contributed by atoms with Gasteiger partial charge in [-0.25, -0.2) is 9.59 Å². The van der Waals surface area contributed by atoms with E-state index in [0.717, 1.165) is 5.56 Å². The van der Waals surface area contributed by atoms with E-state index < -0.39 is 54.2 Å². The molecule has 1 aliphatic rings. The maximum Gasteiger partial charge on any atom is 0.335 e. The van der Waals surface area contributed by atoms with Gasteiger partial charge < -0.3 is 26.2 Å². The first-order chi connectivity index (χ1) is 15.7. The van der Waals surface area contributed by atoms with Crippen LogP contribution in [0.1, 0.15) is 27.9 Å². The lowest BCUT2D eigenvalue weighted by molar-refractivity contribution is -0.142. The van der Waals surface area contributed by atoms with Crippen LogP contribution >= 0.6 is 0 Å². The Bertz CT molecular complexity index is 1050. The Kier molecular flexibility index (Phi) is 7.39. The maximum absolute atomic E-state index is 12.4. The zero-order valence-electron chi connectivity index (χ0n) is 17.5. The molecule has 0 radical (unpaired) electrons. The minimum absolute atomic E-state index is 0.0549. The molecule has 10 nitrogen and oxygen atoms in total. The minimum atomic E-state index is -1.29. The van der Waals surface area contributed by atoms with Gasteiger partial charge in [-0.3, -0.25) is 14.4 Å². The summed E-state index contributed by atoms with van der Waals surface area (Å²) in [7, 11) is 0. The van der Waals surface area contributed by atoms with Crippen LogP contribution in [0.15, 0.2) is 54.6 Å². The van der Waals surface area contributed by atoms with Crippen LogP contribution in [0, 0.1) is 0 Å². The van der Waals surface area contributed by atoms with Crippen molar-refractivity contribution >= 4 is 29.7 Å². The molecule has 2 aromatic carbocycles. The number of carboxylic acids is 2. The van der Waals surface area contributed by atoms with E-state index in [0.29, 0.717) is 12.0 Å². The largest absolute Gasteiger partial charge is 0.480 e. The van der Waals surface area contributed by atoms with E-state index >= 15 is 0 Å². The lowest BCUT2D eigenvalue weighted by atomic mass is 10.0. The van der Waals surface area contributed by atoms with E-state index in [9.17, 15) is 29.1 Å². The van der Waals surface area contributed by atoms with E-state index in [1.807, 2.05) is 30.3 Å². The van der Waals surface area contributed by atoms with Gasteiger partial charge in [0, 0.05) is 12.8 Å². The van der Waals surface area contributed by atoms with E-state index in [4.69, 9.17) is 5.11 Å². The molecule has 3 amide bonds. The molecule has 33 heavy (non-hydrogen) atoms. The number of benzene rings is 2. The fraction of sp³-hybridized carbons (Fsp3) is 0.261. The zero-order valence-corrected chi connectivity index (χ0v) is 17.5. The predicted octanol–water partition coefficient (Wildman–Crippen LogP) is 0.113. The van der Waals surface area contributed by atoms with Crippen molar-refractivity contribution in [3.63, 3.8) is 0 Å². The second-order valence-electron chi connectivity index (χ2n) is 7.68. The Morgan fingerprint density at radius 2 is 1.45 bits per heavy atom. The van der Waals surface area contributed by atoms with Crippen molar-refractivity contribution in [2.24, 2.45) is 0 Å². The number of aromatic carboxylic acids is 1. The smallest absolute Gasteiger partial charge is 0.335 e. The van der Waals surface area contributed by atoms with Gasteiger partial charge in [0.05, 0.1) is 12.0 Å². The summed E-state index contributed by atoms with van der Waals surface area (Å²) < 4.78 is 0. The third-order valence-electron chi connectivity index (χ3n) is 5.21. The fourth-order valence-electron chi connectivity index (χ4n) is 3.47. The molecule has 0 aliphatic carbocycles. The van der Waals surface area contributed by atoms with Crippen LogP contribution in [-0.2, 0) is 32.0 Å². The molecule has 1 heterocycles. The lowest BCUT2D eigenvalue weighted by Crippen LogP contribution is -2.63. The molecular formula is C23H23N3O7. The van der Waals surface area contributed by atoms with Crippen molar-refractivity contribution in [2.45, 2.75) is 37.4 Å². The van der Waals surface area contributed by atoms with Crippen LogP contribution in [0.3, 0.4) is 0 Å². The Balaban J connectivity index is 1.56. The molecule has 1 aliphatic heterocycles. The average Bonchev–Trinajstić information content (AvgIpc) is 2.77. The number of piperazine rings is 1. The number of carbonyl (C=O) groups excluding carboxylic acids is 3. The van der Waals surface area contributed by atoms with Crippen molar-refractivity contribution in [1.29, 1.82) is 0 Å². The topological polar surface area (TPSA) is 162 Å². The molecule has 0 saturated carbocycles. The highest BCUT2D eigenvalue weighted by atomic mass is 16.4. The summed E-state index contributed by atoms with van der Waals surface area (Å²) in [5, 5.41) is 25.9. The molecule has 2 aromatic rings. The number of amides is 3. The summed E-state index contributed by atoms with van der Waals surface area (Å²) in [5.74, 6) is -4.06. The normalized spacial score (nSPS) is 18.5. The number of carboxylic acid groups (broad SMARTS) is 2. The van der Waals surface area contributed by atoms with E-state index in [-0.39, 0.29) is 12.0 Å². The molecular weight excluding hydrogens is 430 g/mol. The highest BCUT2D eigenvalue weighted by molar-refractivity contribution is 5.99.